The van der Waals surface area contributed by atoms with E-state index >= 15 is 0 Å². The zero-order valence-corrected chi connectivity index (χ0v) is 13.9. The van der Waals surface area contributed by atoms with E-state index in [4.69, 9.17) is 11.6 Å². The number of amides is 1. The number of carbonyl (C=O) groups is 1. The Morgan fingerprint density at radius 3 is 2.77 bits per heavy atom. The number of aryl methyl sites for hydroxylation is 1. The number of hydrogen-bond acceptors (Lipinski definition) is 5. The van der Waals surface area contributed by atoms with Crippen molar-refractivity contribution in [2.45, 2.75) is 31.2 Å². The molecule has 2 N–H and O–H groups in total. The molecule has 1 amide bonds. The summed E-state index contributed by atoms with van der Waals surface area (Å²) in [6.07, 6.45) is 0. The second kappa shape index (κ2) is 6.93. The molecule has 0 aliphatic heterocycles. The zero-order valence-electron chi connectivity index (χ0n) is 12.3. The van der Waals surface area contributed by atoms with Crippen LogP contribution < -0.4 is 10.9 Å². The highest BCUT2D eigenvalue weighted by molar-refractivity contribution is 8.00. The summed E-state index contributed by atoms with van der Waals surface area (Å²) in [4.78, 5) is 26.3. The minimum Gasteiger partial charge on any atom is -0.325 e. The molecular formula is C14H15ClN4O2S. The Hall–Kier alpha value is -1.86. The lowest BCUT2D eigenvalue weighted by Gasteiger charge is -2.13. The predicted octanol–water partition coefficient (Wildman–Crippen LogP) is 2.55. The second-order valence-electron chi connectivity index (χ2n) is 4.71. The topological polar surface area (TPSA) is 87.7 Å². The summed E-state index contributed by atoms with van der Waals surface area (Å²) >= 11 is 7.15. The van der Waals surface area contributed by atoms with Crippen molar-refractivity contribution in [3.63, 3.8) is 0 Å². The van der Waals surface area contributed by atoms with Gasteiger partial charge < -0.3 is 5.32 Å². The number of thioether (sulfide) groups is 1. The number of aromatic amines is 1. The number of anilines is 1. The van der Waals surface area contributed by atoms with Crippen LogP contribution in [0.5, 0.6) is 0 Å². The SMILES string of the molecule is Cc1c(Cl)cccc1NC(=O)[C@@H](C)Sc1nnc(C)c(=O)[nH]1. The summed E-state index contributed by atoms with van der Waals surface area (Å²) in [7, 11) is 0. The first-order valence-corrected chi connectivity index (χ1v) is 7.80. The zero-order chi connectivity index (χ0) is 16.3. The third kappa shape index (κ3) is 3.86. The first kappa shape index (κ1) is 16.5. The molecule has 0 saturated heterocycles. The quantitative estimate of drug-likeness (QED) is 0.836. The molecule has 2 aromatic rings. The maximum Gasteiger partial charge on any atom is 0.273 e. The Balaban J connectivity index is 2.07. The summed E-state index contributed by atoms with van der Waals surface area (Å²) in [5.74, 6) is -0.210. The Morgan fingerprint density at radius 2 is 2.09 bits per heavy atom. The number of rotatable bonds is 4. The van der Waals surface area contributed by atoms with Crippen molar-refractivity contribution < 1.29 is 4.79 Å². The van der Waals surface area contributed by atoms with Crippen LogP contribution in [-0.4, -0.2) is 26.3 Å². The molecule has 0 saturated carbocycles. The molecule has 8 heteroatoms. The Kier molecular flexibility index (Phi) is 5.20. The fraction of sp³-hybridized carbons (Fsp3) is 0.286. The molecule has 22 heavy (non-hydrogen) atoms. The Morgan fingerprint density at radius 1 is 1.36 bits per heavy atom. The minimum absolute atomic E-state index is 0.210. The van der Waals surface area contributed by atoms with Crippen molar-refractivity contribution in [3.8, 4) is 0 Å². The van der Waals surface area contributed by atoms with E-state index in [0.29, 0.717) is 15.9 Å². The summed E-state index contributed by atoms with van der Waals surface area (Å²) in [6, 6.07) is 5.31. The number of benzene rings is 1. The van der Waals surface area contributed by atoms with Crippen molar-refractivity contribution >= 4 is 35.0 Å². The fourth-order valence-corrected chi connectivity index (χ4v) is 2.54. The van der Waals surface area contributed by atoms with Crippen molar-refractivity contribution in [1.29, 1.82) is 0 Å². The van der Waals surface area contributed by atoms with E-state index in [1.165, 1.54) is 0 Å². The summed E-state index contributed by atoms with van der Waals surface area (Å²) < 4.78 is 0. The average molecular weight is 339 g/mol. The average Bonchev–Trinajstić information content (AvgIpc) is 2.47. The standard InChI is InChI=1S/C14H15ClN4O2S/c1-7-10(15)5-4-6-11(7)16-13(21)9(3)22-14-17-12(20)8(2)18-19-14/h4-6,9H,1-3H3,(H,16,21)(H,17,19,20)/t9-/m1/s1. The number of carbonyl (C=O) groups excluding carboxylic acids is 1. The first-order chi connectivity index (χ1) is 10.4. The highest BCUT2D eigenvalue weighted by atomic mass is 35.5. The third-order valence-electron chi connectivity index (χ3n) is 3.02. The van der Waals surface area contributed by atoms with Gasteiger partial charge in [-0.25, -0.2) is 0 Å². The van der Waals surface area contributed by atoms with Crippen molar-refractivity contribution in [1.82, 2.24) is 15.2 Å². The number of H-pyrrole nitrogens is 1. The third-order valence-corrected chi connectivity index (χ3v) is 4.41. The van der Waals surface area contributed by atoms with Gasteiger partial charge in [0.05, 0.1) is 5.25 Å². The van der Waals surface area contributed by atoms with Crippen LogP contribution in [0.4, 0.5) is 5.69 Å². The smallest absolute Gasteiger partial charge is 0.273 e. The number of halogens is 1. The maximum atomic E-state index is 12.2. The second-order valence-corrected chi connectivity index (χ2v) is 6.44. The van der Waals surface area contributed by atoms with Gasteiger partial charge in [-0.2, -0.15) is 0 Å². The van der Waals surface area contributed by atoms with E-state index in [1.54, 1.807) is 32.0 Å². The molecule has 0 bridgehead atoms. The summed E-state index contributed by atoms with van der Waals surface area (Å²) in [5.41, 5.74) is 1.44. The van der Waals surface area contributed by atoms with Gasteiger partial charge in [0.15, 0.2) is 5.16 Å². The van der Waals surface area contributed by atoms with Crippen LogP contribution in [0.1, 0.15) is 18.2 Å². The Labute approximate surface area is 136 Å². The Bertz CT molecular complexity index is 763. The molecule has 0 unspecified atom stereocenters. The summed E-state index contributed by atoms with van der Waals surface area (Å²) in [5, 5.41) is 10.8. The van der Waals surface area contributed by atoms with Crippen LogP contribution in [0.25, 0.3) is 0 Å². The molecule has 0 fully saturated rings. The van der Waals surface area contributed by atoms with E-state index in [2.05, 4.69) is 20.5 Å². The monoisotopic (exact) mass is 338 g/mol. The molecule has 6 nitrogen and oxygen atoms in total. The van der Waals surface area contributed by atoms with Crippen LogP contribution in [0.15, 0.2) is 28.2 Å². The predicted molar refractivity (Wildman–Crippen MR) is 87.5 cm³/mol. The van der Waals surface area contributed by atoms with Crippen LogP contribution >= 0.6 is 23.4 Å². The number of nitrogens with zero attached hydrogens (tertiary/aromatic N) is 2. The molecule has 1 heterocycles. The number of aromatic nitrogens is 3. The lowest BCUT2D eigenvalue weighted by molar-refractivity contribution is -0.115. The lowest BCUT2D eigenvalue weighted by atomic mass is 10.2. The van der Waals surface area contributed by atoms with Gasteiger partial charge in [-0.05, 0) is 38.5 Å². The molecule has 1 aromatic heterocycles. The normalized spacial score (nSPS) is 12.0. The molecule has 2 rings (SSSR count). The van der Waals surface area contributed by atoms with E-state index in [0.717, 1.165) is 17.3 Å². The largest absolute Gasteiger partial charge is 0.325 e. The first-order valence-electron chi connectivity index (χ1n) is 6.54. The molecule has 1 aromatic carbocycles. The molecular weight excluding hydrogens is 324 g/mol. The minimum atomic E-state index is -0.453. The van der Waals surface area contributed by atoms with Gasteiger partial charge in [-0.3, -0.25) is 14.6 Å². The molecule has 0 aliphatic carbocycles. The van der Waals surface area contributed by atoms with Gasteiger partial charge in [-0.15, -0.1) is 10.2 Å². The van der Waals surface area contributed by atoms with Gasteiger partial charge >= 0.3 is 0 Å². The van der Waals surface area contributed by atoms with E-state index in [9.17, 15) is 9.59 Å². The van der Waals surface area contributed by atoms with Crippen LogP contribution in [0.3, 0.4) is 0 Å². The van der Waals surface area contributed by atoms with Gasteiger partial charge in [0.2, 0.25) is 5.91 Å². The van der Waals surface area contributed by atoms with Gasteiger partial charge in [0, 0.05) is 10.7 Å². The number of hydrogen-bond donors (Lipinski definition) is 2. The highest BCUT2D eigenvalue weighted by Crippen LogP contribution is 2.25. The van der Waals surface area contributed by atoms with Crippen LogP contribution in [-0.2, 0) is 4.79 Å². The van der Waals surface area contributed by atoms with E-state index in [1.807, 2.05) is 6.92 Å². The van der Waals surface area contributed by atoms with Gasteiger partial charge in [0.25, 0.3) is 5.56 Å². The van der Waals surface area contributed by atoms with Crippen LogP contribution in [0.2, 0.25) is 5.02 Å². The van der Waals surface area contributed by atoms with Crippen molar-refractivity contribution in [3.05, 3.63) is 44.8 Å². The highest BCUT2D eigenvalue weighted by Gasteiger charge is 2.17. The molecule has 0 aliphatic rings. The maximum absolute atomic E-state index is 12.2. The van der Waals surface area contributed by atoms with E-state index in [-0.39, 0.29) is 17.2 Å². The van der Waals surface area contributed by atoms with Crippen LogP contribution in [0, 0.1) is 13.8 Å². The van der Waals surface area contributed by atoms with Gasteiger partial charge in [-0.1, -0.05) is 29.4 Å². The van der Waals surface area contributed by atoms with Gasteiger partial charge in [0.1, 0.15) is 5.69 Å². The number of nitrogens with one attached hydrogen (secondary N) is 2. The summed E-state index contributed by atoms with van der Waals surface area (Å²) in [6.45, 7) is 5.12. The fourth-order valence-electron chi connectivity index (χ4n) is 1.63. The molecule has 116 valence electrons. The van der Waals surface area contributed by atoms with Crippen molar-refractivity contribution in [2.75, 3.05) is 5.32 Å². The molecule has 0 radical (unpaired) electrons. The van der Waals surface area contributed by atoms with E-state index < -0.39 is 5.25 Å². The molecule has 0 spiro atoms. The van der Waals surface area contributed by atoms with Crippen molar-refractivity contribution in [2.24, 2.45) is 0 Å². The lowest BCUT2D eigenvalue weighted by Crippen LogP contribution is -2.24. The molecule has 1 atom stereocenters.